The van der Waals surface area contributed by atoms with Crippen LogP contribution in [-0.2, 0) is 16.6 Å². The second-order valence-corrected chi connectivity index (χ2v) is 7.37. The van der Waals surface area contributed by atoms with Crippen molar-refractivity contribution in [2.75, 3.05) is 11.4 Å². The molecule has 0 radical (unpaired) electrons. The first-order valence-electron chi connectivity index (χ1n) is 6.73. The van der Waals surface area contributed by atoms with Crippen LogP contribution in [0.2, 0.25) is 0 Å². The van der Waals surface area contributed by atoms with Gasteiger partial charge in [-0.1, -0.05) is 0 Å². The lowest BCUT2D eigenvalue weighted by Crippen LogP contribution is -2.45. The zero-order chi connectivity index (χ0) is 15.4. The highest BCUT2D eigenvalue weighted by molar-refractivity contribution is 6.53. The molecule has 3 rings (SSSR count). The summed E-state index contributed by atoms with van der Waals surface area (Å²) in [5.41, 5.74) is -0.0705. The van der Waals surface area contributed by atoms with Gasteiger partial charge in [-0.25, -0.2) is 0 Å². The Hall–Kier alpha value is -1.27. The van der Waals surface area contributed by atoms with Crippen LogP contribution in [0.1, 0.15) is 19.8 Å². The second kappa shape index (κ2) is 4.61. The average molecular weight is 331 g/mol. The van der Waals surface area contributed by atoms with E-state index in [0.717, 1.165) is 5.69 Å². The van der Waals surface area contributed by atoms with Crippen LogP contribution in [0.15, 0.2) is 12.4 Å². The Labute approximate surface area is 132 Å². The van der Waals surface area contributed by atoms with E-state index in [1.807, 2.05) is 0 Å². The van der Waals surface area contributed by atoms with Gasteiger partial charge in [0.05, 0.1) is 17.3 Å². The number of carbonyl (C=O) groups excluding carboxylic acids is 2. The first-order valence-corrected chi connectivity index (χ1v) is 7.49. The number of hydrogen-bond acceptors (Lipinski definition) is 3. The normalized spacial score (nSPS) is 30.6. The molecule has 6 nitrogen and oxygen atoms in total. The molecule has 0 bridgehead atoms. The maximum atomic E-state index is 12.4. The van der Waals surface area contributed by atoms with E-state index in [1.165, 1.54) is 0 Å². The minimum absolute atomic E-state index is 0.129. The summed E-state index contributed by atoms with van der Waals surface area (Å²) in [6.45, 7) is 2.26. The van der Waals surface area contributed by atoms with Crippen molar-refractivity contribution < 1.29 is 9.59 Å². The van der Waals surface area contributed by atoms with Crippen molar-refractivity contribution in [1.29, 1.82) is 0 Å². The molecule has 0 unspecified atom stereocenters. The molecule has 2 amide bonds. The highest BCUT2D eigenvalue weighted by atomic mass is 35.5. The lowest BCUT2D eigenvalue weighted by atomic mass is 10.1. The van der Waals surface area contributed by atoms with Crippen molar-refractivity contribution in [3.05, 3.63) is 12.4 Å². The van der Waals surface area contributed by atoms with Gasteiger partial charge in [-0.05, 0) is 19.8 Å². The van der Waals surface area contributed by atoms with Crippen molar-refractivity contribution in [2.24, 2.45) is 12.5 Å². The van der Waals surface area contributed by atoms with Crippen LogP contribution in [0.25, 0.3) is 0 Å². The van der Waals surface area contributed by atoms with Gasteiger partial charge in [0.15, 0.2) is 0 Å². The molecule has 1 N–H and O–H groups in total. The fraction of sp³-hybridized carbons (Fsp3) is 0.615. The number of hydrogen-bond donors (Lipinski definition) is 1. The van der Waals surface area contributed by atoms with Crippen molar-refractivity contribution in [2.45, 2.75) is 30.1 Å². The smallest absolute Gasteiger partial charge is 0.249 e. The molecule has 8 heteroatoms. The van der Waals surface area contributed by atoms with Crippen molar-refractivity contribution >= 4 is 40.7 Å². The van der Waals surface area contributed by atoms with Gasteiger partial charge in [0.2, 0.25) is 11.8 Å². The third-order valence-electron chi connectivity index (χ3n) is 4.27. The van der Waals surface area contributed by atoms with Gasteiger partial charge in [-0.2, -0.15) is 5.10 Å². The highest BCUT2D eigenvalue weighted by Gasteiger charge is 2.68. The standard InChI is InChI=1S/C13H16Cl2N4O2/c1-12(7-13(12,14)15)11(21)17-9-3-4-19(10(9)20)8-5-16-18(2)6-8/h5-6,9H,3-4,7H2,1-2H3,(H,17,21)/t9-,12+/m0/s1. The first-order chi connectivity index (χ1) is 9.74. The van der Waals surface area contributed by atoms with Gasteiger partial charge in [0.25, 0.3) is 0 Å². The topological polar surface area (TPSA) is 67.2 Å². The Balaban J connectivity index is 1.66. The van der Waals surface area contributed by atoms with Crippen LogP contribution in [0, 0.1) is 5.41 Å². The number of halogens is 2. The third-order valence-corrected chi connectivity index (χ3v) is 5.37. The van der Waals surface area contributed by atoms with E-state index in [1.54, 1.807) is 35.9 Å². The van der Waals surface area contributed by atoms with Crippen LogP contribution in [0.4, 0.5) is 5.69 Å². The van der Waals surface area contributed by atoms with E-state index in [2.05, 4.69) is 10.4 Å². The van der Waals surface area contributed by atoms with Crippen molar-refractivity contribution in [1.82, 2.24) is 15.1 Å². The molecular formula is C13H16Cl2N4O2. The molecule has 1 saturated heterocycles. The lowest BCUT2D eigenvalue weighted by Gasteiger charge is -2.18. The molecule has 1 saturated carbocycles. The molecule has 2 heterocycles. The Kier molecular flexibility index (Phi) is 3.22. The summed E-state index contributed by atoms with van der Waals surface area (Å²) in [4.78, 5) is 26.2. The van der Waals surface area contributed by atoms with E-state index in [0.29, 0.717) is 19.4 Å². The van der Waals surface area contributed by atoms with Crippen molar-refractivity contribution in [3.8, 4) is 0 Å². The van der Waals surface area contributed by atoms with Crippen LogP contribution in [0.3, 0.4) is 0 Å². The summed E-state index contributed by atoms with van der Waals surface area (Å²) in [7, 11) is 1.79. The van der Waals surface area contributed by atoms with E-state index in [4.69, 9.17) is 23.2 Å². The first kappa shape index (κ1) is 14.7. The van der Waals surface area contributed by atoms with Gasteiger partial charge < -0.3 is 10.2 Å². The summed E-state index contributed by atoms with van der Waals surface area (Å²) in [6, 6.07) is -0.528. The Bertz CT molecular complexity index is 615. The number of aromatic nitrogens is 2. The molecule has 1 aliphatic carbocycles. The summed E-state index contributed by atoms with van der Waals surface area (Å²) < 4.78 is 0.608. The lowest BCUT2D eigenvalue weighted by molar-refractivity contribution is -0.129. The SMILES string of the molecule is Cn1cc(N2CC[C@H](NC(=O)[C@@]3(C)CC3(Cl)Cl)C2=O)cn1. The number of aryl methyl sites for hydroxylation is 1. The molecule has 114 valence electrons. The van der Waals surface area contributed by atoms with Gasteiger partial charge in [0, 0.05) is 19.8 Å². The highest BCUT2D eigenvalue weighted by Crippen LogP contribution is 2.63. The summed E-state index contributed by atoms with van der Waals surface area (Å²) in [5.74, 6) is -0.394. The van der Waals surface area contributed by atoms with Crippen molar-refractivity contribution in [3.63, 3.8) is 0 Å². The quantitative estimate of drug-likeness (QED) is 0.847. The third kappa shape index (κ3) is 2.30. The molecule has 0 spiro atoms. The largest absolute Gasteiger partial charge is 0.344 e. The number of carbonyl (C=O) groups is 2. The van der Waals surface area contributed by atoms with Crippen LogP contribution >= 0.6 is 23.2 Å². The van der Waals surface area contributed by atoms with E-state index >= 15 is 0 Å². The Morgan fingerprint density at radius 3 is 2.71 bits per heavy atom. The van der Waals surface area contributed by atoms with Gasteiger partial charge >= 0.3 is 0 Å². The van der Waals surface area contributed by atoms with Gasteiger partial charge in [-0.15, -0.1) is 23.2 Å². The number of nitrogens with one attached hydrogen (secondary N) is 1. The molecule has 2 aliphatic rings. The maximum Gasteiger partial charge on any atom is 0.249 e. The molecule has 2 atom stereocenters. The minimum Gasteiger partial charge on any atom is -0.344 e. The molecule has 1 aliphatic heterocycles. The molecular weight excluding hydrogens is 315 g/mol. The van der Waals surface area contributed by atoms with Crippen LogP contribution in [-0.4, -0.2) is 38.5 Å². The fourth-order valence-electron chi connectivity index (χ4n) is 2.58. The molecule has 1 aromatic rings. The zero-order valence-electron chi connectivity index (χ0n) is 11.8. The number of nitrogens with zero attached hydrogens (tertiary/aromatic N) is 3. The maximum absolute atomic E-state index is 12.4. The molecule has 2 fully saturated rings. The average Bonchev–Trinajstić information content (AvgIpc) is 2.74. The predicted octanol–water partition coefficient (Wildman–Crippen LogP) is 1.23. The summed E-state index contributed by atoms with van der Waals surface area (Å²) in [6.07, 6.45) is 4.37. The second-order valence-electron chi connectivity index (χ2n) is 5.89. The minimum atomic E-state index is -1.03. The number of amides is 2. The summed E-state index contributed by atoms with van der Waals surface area (Å²) in [5, 5.41) is 6.82. The van der Waals surface area contributed by atoms with E-state index < -0.39 is 15.8 Å². The van der Waals surface area contributed by atoms with E-state index in [-0.39, 0.29) is 11.8 Å². The Morgan fingerprint density at radius 2 is 2.19 bits per heavy atom. The number of rotatable bonds is 3. The van der Waals surface area contributed by atoms with Gasteiger partial charge in [0.1, 0.15) is 10.4 Å². The van der Waals surface area contributed by atoms with Crippen LogP contribution in [0.5, 0.6) is 0 Å². The zero-order valence-corrected chi connectivity index (χ0v) is 13.3. The molecule has 1 aromatic heterocycles. The number of anilines is 1. The number of alkyl halides is 2. The summed E-state index contributed by atoms with van der Waals surface area (Å²) >= 11 is 12.0. The van der Waals surface area contributed by atoms with Gasteiger partial charge in [-0.3, -0.25) is 14.3 Å². The molecule has 0 aromatic carbocycles. The molecule has 21 heavy (non-hydrogen) atoms. The fourth-order valence-corrected chi connectivity index (χ4v) is 3.29. The predicted molar refractivity (Wildman–Crippen MR) is 79.3 cm³/mol. The van der Waals surface area contributed by atoms with E-state index in [9.17, 15) is 9.59 Å². The van der Waals surface area contributed by atoms with Crippen LogP contribution < -0.4 is 10.2 Å². The Morgan fingerprint density at radius 1 is 1.52 bits per heavy atom. The monoisotopic (exact) mass is 330 g/mol.